The van der Waals surface area contributed by atoms with E-state index in [9.17, 15) is 4.79 Å². The first-order valence-corrected chi connectivity index (χ1v) is 6.27. The molecule has 3 nitrogen and oxygen atoms in total. The maximum atomic E-state index is 11.9. The molecule has 2 rings (SSSR count). The van der Waals surface area contributed by atoms with Crippen molar-refractivity contribution >= 4 is 16.8 Å². The number of para-hydroxylation sites is 1. The Hall–Kier alpha value is -1.77. The number of hydrogen-bond acceptors (Lipinski definition) is 1. The lowest BCUT2D eigenvalue weighted by Crippen LogP contribution is -2.33. The van der Waals surface area contributed by atoms with E-state index in [4.69, 9.17) is 0 Å². The van der Waals surface area contributed by atoms with Gasteiger partial charge in [-0.1, -0.05) is 39.0 Å². The second kappa shape index (κ2) is 4.84. The molecule has 2 aromatic rings. The van der Waals surface area contributed by atoms with Gasteiger partial charge >= 0.3 is 0 Å². The number of amides is 1. The number of nitrogens with one attached hydrogen (secondary N) is 2. The van der Waals surface area contributed by atoms with Crippen LogP contribution in [-0.4, -0.2) is 17.4 Å². The summed E-state index contributed by atoms with van der Waals surface area (Å²) in [5.74, 6) is 0.0784. The molecule has 0 spiro atoms. The second-order valence-corrected chi connectivity index (χ2v) is 5.87. The summed E-state index contributed by atoms with van der Waals surface area (Å²) in [5, 5.41) is 4.10. The number of benzene rings is 1. The fourth-order valence-corrected chi connectivity index (χ4v) is 1.88. The molecular weight excluding hydrogens is 224 g/mol. The van der Waals surface area contributed by atoms with Crippen LogP contribution < -0.4 is 5.32 Å². The zero-order chi connectivity index (χ0) is 13.2. The van der Waals surface area contributed by atoms with E-state index in [-0.39, 0.29) is 11.3 Å². The quantitative estimate of drug-likeness (QED) is 0.856. The van der Waals surface area contributed by atoms with Gasteiger partial charge in [0.15, 0.2) is 0 Å². The molecule has 18 heavy (non-hydrogen) atoms. The molecule has 0 fully saturated rings. The van der Waals surface area contributed by atoms with Crippen LogP contribution in [-0.2, 0) is 11.2 Å². The number of carbonyl (C=O) groups excluding carboxylic acids is 1. The molecule has 1 heterocycles. The van der Waals surface area contributed by atoms with Crippen molar-refractivity contribution in [2.75, 3.05) is 6.54 Å². The highest BCUT2D eigenvalue weighted by Crippen LogP contribution is 2.18. The minimum Gasteiger partial charge on any atom is -0.361 e. The van der Waals surface area contributed by atoms with Gasteiger partial charge in [-0.3, -0.25) is 4.79 Å². The molecule has 0 aliphatic rings. The van der Waals surface area contributed by atoms with E-state index < -0.39 is 0 Å². The van der Waals surface area contributed by atoms with Crippen LogP contribution in [0.4, 0.5) is 0 Å². The van der Waals surface area contributed by atoms with Gasteiger partial charge in [0.05, 0.1) is 6.42 Å². The number of carbonyl (C=O) groups is 1. The summed E-state index contributed by atoms with van der Waals surface area (Å²) in [7, 11) is 0. The van der Waals surface area contributed by atoms with Crippen molar-refractivity contribution in [3.05, 3.63) is 36.0 Å². The monoisotopic (exact) mass is 244 g/mol. The molecule has 0 radical (unpaired) electrons. The normalized spacial score (nSPS) is 11.7. The predicted octanol–water partition coefficient (Wildman–Crippen LogP) is 2.87. The maximum Gasteiger partial charge on any atom is 0.224 e. The standard InChI is InChI=1S/C15H20N2O/c1-15(2,3)10-17-14(18)8-11-9-16-13-7-5-4-6-12(11)13/h4-7,9,16H,8,10H2,1-3H3,(H,17,18). The summed E-state index contributed by atoms with van der Waals surface area (Å²) in [6.45, 7) is 7.03. The van der Waals surface area contributed by atoms with Crippen LogP contribution in [0.15, 0.2) is 30.5 Å². The number of H-pyrrole nitrogens is 1. The SMILES string of the molecule is CC(C)(C)CNC(=O)Cc1c[nH]c2ccccc12. The topological polar surface area (TPSA) is 44.9 Å². The number of fused-ring (bicyclic) bond motifs is 1. The average molecular weight is 244 g/mol. The van der Waals surface area contributed by atoms with Crippen LogP contribution in [0, 0.1) is 5.41 Å². The Balaban J connectivity index is 2.03. The van der Waals surface area contributed by atoms with E-state index in [0.717, 1.165) is 16.5 Å². The molecule has 3 heteroatoms. The van der Waals surface area contributed by atoms with Crippen LogP contribution >= 0.6 is 0 Å². The van der Waals surface area contributed by atoms with Gasteiger partial charge in [0.25, 0.3) is 0 Å². The van der Waals surface area contributed by atoms with E-state index >= 15 is 0 Å². The predicted molar refractivity (Wildman–Crippen MR) is 74.5 cm³/mol. The van der Waals surface area contributed by atoms with Crippen molar-refractivity contribution in [3.63, 3.8) is 0 Å². The summed E-state index contributed by atoms with van der Waals surface area (Å²) < 4.78 is 0. The van der Waals surface area contributed by atoms with Gasteiger partial charge in [0.2, 0.25) is 5.91 Å². The highest BCUT2D eigenvalue weighted by atomic mass is 16.1. The minimum atomic E-state index is 0.0784. The van der Waals surface area contributed by atoms with Gasteiger partial charge in [0, 0.05) is 23.6 Å². The molecule has 2 N–H and O–H groups in total. The molecule has 0 aliphatic heterocycles. The van der Waals surface area contributed by atoms with Gasteiger partial charge < -0.3 is 10.3 Å². The van der Waals surface area contributed by atoms with E-state index in [0.29, 0.717) is 13.0 Å². The van der Waals surface area contributed by atoms with E-state index in [1.165, 1.54) is 0 Å². The third-order valence-electron chi connectivity index (χ3n) is 2.84. The molecule has 0 saturated heterocycles. The van der Waals surface area contributed by atoms with Crippen LogP contribution in [0.5, 0.6) is 0 Å². The summed E-state index contributed by atoms with van der Waals surface area (Å²) in [4.78, 5) is 15.1. The van der Waals surface area contributed by atoms with Gasteiger partial charge in [-0.15, -0.1) is 0 Å². The average Bonchev–Trinajstić information content (AvgIpc) is 2.70. The van der Waals surface area contributed by atoms with Gasteiger partial charge in [-0.2, -0.15) is 0 Å². The molecule has 0 atom stereocenters. The first-order chi connectivity index (χ1) is 8.46. The molecule has 1 amide bonds. The molecule has 0 bridgehead atoms. The molecule has 0 unspecified atom stereocenters. The van der Waals surface area contributed by atoms with Crippen molar-refractivity contribution < 1.29 is 4.79 Å². The number of hydrogen-bond donors (Lipinski definition) is 2. The Labute approximate surface area is 108 Å². The molecule has 96 valence electrons. The van der Waals surface area contributed by atoms with Crippen molar-refractivity contribution in [2.45, 2.75) is 27.2 Å². The second-order valence-electron chi connectivity index (χ2n) is 5.87. The van der Waals surface area contributed by atoms with Crippen LogP contribution in [0.2, 0.25) is 0 Å². The van der Waals surface area contributed by atoms with Crippen molar-refractivity contribution in [1.29, 1.82) is 0 Å². The first-order valence-electron chi connectivity index (χ1n) is 6.27. The van der Waals surface area contributed by atoms with Crippen molar-refractivity contribution in [1.82, 2.24) is 10.3 Å². The zero-order valence-electron chi connectivity index (χ0n) is 11.2. The molecule has 1 aromatic carbocycles. The molecule has 1 aromatic heterocycles. The number of aromatic nitrogens is 1. The fourth-order valence-electron chi connectivity index (χ4n) is 1.88. The lowest BCUT2D eigenvalue weighted by atomic mass is 9.97. The first kappa shape index (κ1) is 12.7. The smallest absolute Gasteiger partial charge is 0.224 e. The lowest BCUT2D eigenvalue weighted by molar-refractivity contribution is -0.120. The van der Waals surface area contributed by atoms with Crippen molar-refractivity contribution in [3.8, 4) is 0 Å². The van der Waals surface area contributed by atoms with Gasteiger partial charge in [-0.25, -0.2) is 0 Å². The minimum absolute atomic E-state index is 0.0784. The summed E-state index contributed by atoms with van der Waals surface area (Å²) >= 11 is 0. The summed E-state index contributed by atoms with van der Waals surface area (Å²) in [6, 6.07) is 8.04. The van der Waals surface area contributed by atoms with E-state index in [1.807, 2.05) is 30.5 Å². The van der Waals surface area contributed by atoms with Gasteiger partial charge in [-0.05, 0) is 17.0 Å². The third-order valence-corrected chi connectivity index (χ3v) is 2.84. The van der Waals surface area contributed by atoms with Gasteiger partial charge in [0.1, 0.15) is 0 Å². The highest BCUT2D eigenvalue weighted by Gasteiger charge is 2.13. The van der Waals surface area contributed by atoms with Crippen molar-refractivity contribution in [2.24, 2.45) is 5.41 Å². The Morgan fingerprint density at radius 2 is 2.00 bits per heavy atom. The Morgan fingerprint density at radius 3 is 2.72 bits per heavy atom. The molecular formula is C15H20N2O. The van der Waals surface area contributed by atoms with Crippen LogP contribution in [0.25, 0.3) is 10.9 Å². The molecule has 0 saturated carbocycles. The Bertz CT molecular complexity index is 549. The lowest BCUT2D eigenvalue weighted by Gasteiger charge is -2.18. The molecule has 0 aliphatic carbocycles. The maximum absolute atomic E-state index is 11.9. The Morgan fingerprint density at radius 1 is 1.28 bits per heavy atom. The fraction of sp³-hybridized carbons (Fsp3) is 0.400. The van der Waals surface area contributed by atoms with Crippen LogP contribution in [0.1, 0.15) is 26.3 Å². The summed E-state index contributed by atoms with van der Waals surface area (Å²) in [5.41, 5.74) is 2.25. The Kier molecular flexibility index (Phi) is 3.41. The van der Waals surface area contributed by atoms with E-state index in [2.05, 4.69) is 31.1 Å². The highest BCUT2D eigenvalue weighted by molar-refractivity contribution is 5.88. The van der Waals surface area contributed by atoms with E-state index in [1.54, 1.807) is 0 Å². The third kappa shape index (κ3) is 3.13. The zero-order valence-corrected chi connectivity index (χ0v) is 11.2. The van der Waals surface area contributed by atoms with Crippen LogP contribution in [0.3, 0.4) is 0 Å². The number of aromatic amines is 1. The largest absolute Gasteiger partial charge is 0.361 e. The number of rotatable bonds is 3. The summed E-state index contributed by atoms with van der Waals surface area (Å²) in [6.07, 6.45) is 2.35.